The minimum absolute atomic E-state index is 0.408. The molecule has 0 saturated carbocycles. The number of hydrogen-bond acceptors (Lipinski definition) is 4. The van der Waals surface area contributed by atoms with Crippen molar-refractivity contribution in [2.45, 2.75) is 24.9 Å². The molecule has 0 aliphatic carbocycles. The van der Waals surface area contributed by atoms with Crippen LogP contribution in [-0.2, 0) is 5.41 Å². The Morgan fingerprint density at radius 2 is 2.15 bits per heavy atom. The predicted octanol–water partition coefficient (Wildman–Crippen LogP) is 2.77. The van der Waals surface area contributed by atoms with Crippen molar-refractivity contribution in [2.75, 3.05) is 13.2 Å². The van der Waals surface area contributed by atoms with Crippen LogP contribution in [0.5, 0.6) is 5.75 Å². The minimum Gasteiger partial charge on any atom is -0.493 e. The molecule has 2 heterocycles. The maximum atomic E-state index is 10.9. The van der Waals surface area contributed by atoms with E-state index >= 15 is 0 Å². The van der Waals surface area contributed by atoms with Gasteiger partial charge in [-0.3, -0.25) is 0 Å². The lowest BCUT2D eigenvalue weighted by atomic mass is 9.71. The number of hydrogen-bond donors (Lipinski definition) is 2. The zero-order chi connectivity index (χ0) is 14.2. The smallest absolute Gasteiger partial charge is 0.123 e. The monoisotopic (exact) mass is 289 g/mol. The molecule has 1 aromatic carbocycles. The molecule has 3 N–H and O–H groups in total. The Bertz CT molecular complexity index is 610. The van der Waals surface area contributed by atoms with E-state index < -0.39 is 11.5 Å². The van der Waals surface area contributed by atoms with E-state index in [4.69, 9.17) is 10.5 Å². The highest BCUT2D eigenvalue weighted by Crippen LogP contribution is 2.47. The summed E-state index contributed by atoms with van der Waals surface area (Å²) in [4.78, 5) is 2.18. The highest BCUT2D eigenvalue weighted by molar-refractivity contribution is 7.12. The van der Waals surface area contributed by atoms with Gasteiger partial charge >= 0.3 is 0 Å². The number of ether oxygens (including phenoxy) is 1. The third-order valence-corrected chi connectivity index (χ3v) is 5.20. The molecule has 0 amide bonds. The standard InChI is InChI=1S/C16H19NO2S/c1-11-6-7-14(20-11)15(18)16(10-17)8-9-19-13-5-3-2-4-12(13)16/h2-7,15,18H,8-10,17H2,1H3. The summed E-state index contributed by atoms with van der Waals surface area (Å²) in [7, 11) is 0. The number of para-hydroxylation sites is 1. The summed E-state index contributed by atoms with van der Waals surface area (Å²) in [6.45, 7) is 3.05. The summed E-state index contributed by atoms with van der Waals surface area (Å²) < 4.78 is 5.71. The molecule has 2 unspecified atom stereocenters. The van der Waals surface area contributed by atoms with Gasteiger partial charge in [-0.25, -0.2) is 0 Å². The second-order valence-corrected chi connectivity index (χ2v) is 6.63. The fraction of sp³-hybridized carbons (Fsp3) is 0.375. The number of benzene rings is 1. The summed E-state index contributed by atoms with van der Waals surface area (Å²) in [5, 5.41) is 10.9. The van der Waals surface area contributed by atoms with Gasteiger partial charge in [0.2, 0.25) is 0 Å². The van der Waals surface area contributed by atoms with Crippen molar-refractivity contribution in [3.05, 3.63) is 51.7 Å². The largest absolute Gasteiger partial charge is 0.493 e. The second-order valence-electron chi connectivity index (χ2n) is 5.31. The summed E-state index contributed by atoms with van der Waals surface area (Å²) >= 11 is 1.63. The predicted molar refractivity (Wildman–Crippen MR) is 81.3 cm³/mol. The van der Waals surface area contributed by atoms with Crippen molar-refractivity contribution in [1.29, 1.82) is 0 Å². The van der Waals surface area contributed by atoms with Crippen LogP contribution in [0, 0.1) is 6.92 Å². The van der Waals surface area contributed by atoms with Gasteiger partial charge in [0, 0.05) is 27.3 Å². The molecule has 0 fully saturated rings. The van der Waals surface area contributed by atoms with Crippen molar-refractivity contribution < 1.29 is 9.84 Å². The molecular formula is C16H19NO2S. The van der Waals surface area contributed by atoms with Crippen molar-refractivity contribution in [3.8, 4) is 5.75 Å². The zero-order valence-electron chi connectivity index (χ0n) is 11.5. The van der Waals surface area contributed by atoms with Gasteiger partial charge in [0.25, 0.3) is 0 Å². The van der Waals surface area contributed by atoms with E-state index in [1.807, 2.05) is 43.3 Å². The van der Waals surface area contributed by atoms with Gasteiger partial charge in [0.1, 0.15) is 5.75 Å². The van der Waals surface area contributed by atoms with E-state index in [-0.39, 0.29) is 0 Å². The molecule has 20 heavy (non-hydrogen) atoms. The van der Waals surface area contributed by atoms with E-state index in [2.05, 4.69) is 0 Å². The number of aryl methyl sites for hydroxylation is 1. The lowest BCUT2D eigenvalue weighted by Crippen LogP contribution is -2.44. The summed E-state index contributed by atoms with van der Waals surface area (Å²) in [6.07, 6.45) is 0.148. The highest BCUT2D eigenvalue weighted by Gasteiger charge is 2.43. The van der Waals surface area contributed by atoms with Gasteiger partial charge in [0.05, 0.1) is 12.7 Å². The van der Waals surface area contributed by atoms with Gasteiger partial charge in [-0.05, 0) is 31.5 Å². The number of aliphatic hydroxyl groups excluding tert-OH is 1. The van der Waals surface area contributed by atoms with E-state index in [9.17, 15) is 5.11 Å². The fourth-order valence-electron chi connectivity index (χ4n) is 2.96. The maximum absolute atomic E-state index is 10.9. The lowest BCUT2D eigenvalue weighted by Gasteiger charge is -2.41. The fourth-order valence-corrected chi connectivity index (χ4v) is 3.94. The van der Waals surface area contributed by atoms with Gasteiger partial charge < -0.3 is 15.6 Å². The second kappa shape index (κ2) is 5.20. The average Bonchev–Trinajstić information content (AvgIpc) is 2.92. The third-order valence-electron chi connectivity index (χ3n) is 4.15. The molecule has 4 heteroatoms. The van der Waals surface area contributed by atoms with Crippen LogP contribution in [0.15, 0.2) is 36.4 Å². The molecule has 2 aromatic rings. The molecule has 1 aliphatic heterocycles. The third kappa shape index (κ3) is 2.04. The van der Waals surface area contributed by atoms with Gasteiger partial charge in [-0.2, -0.15) is 0 Å². The quantitative estimate of drug-likeness (QED) is 0.913. The molecule has 0 bridgehead atoms. The topological polar surface area (TPSA) is 55.5 Å². The number of nitrogens with two attached hydrogens (primary N) is 1. The first-order valence-electron chi connectivity index (χ1n) is 6.84. The van der Waals surface area contributed by atoms with E-state index in [0.717, 1.165) is 22.6 Å². The van der Waals surface area contributed by atoms with Crippen molar-refractivity contribution >= 4 is 11.3 Å². The molecule has 0 spiro atoms. The molecule has 3 nitrogen and oxygen atoms in total. The highest BCUT2D eigenvalue weighted by atomic mass is 32.1. The van der Waals surface area contributed by atoms with Crippen LogP contribution in [-0.4, -0.2) is 18.3 Å². The Labute approximate surface area is 123 Å². The average molecular weight is 289 g/mol. The van der Waals surface area contributed by atoms with Crippen LogP contribution >= 0.6 is 11.3 Å². The SMILES string of the molecule is Cc1ccc(C(O)C2(CN)CCOc3ccccc32)s1. The number of thiophene rings is 1. The number of aliphatic hydroxyl groups is 1. The minimum atomic E-state index is -0.587. The molecular weight excluding hydrogens is 270 g/mol. The first-order valence-corrected chi connectivity index (χ1v) is 7.66. The van der Waals surface area contributed by atoms with Crippen LogP contribution in [0.4, 0.5) is 0 Å². The molecule has 0 radical (unpaired) electrons. The molecule has 1 aromatic heterocycles. The van der Waals surface area contributed by atoms with E-state index in [1.165, 1.54) is 4.88 Å². The van der Waals surface area contributed by atoms with Gasteiger partial charge in [-0.1, -0.05) is 18.2 Å². The van der Waals surface area contributed by atoms with Gasteiger partial charge in [-0.15, -0.1) is 11.3 Å². The van der Waals surface area contributed by atoms with Crippen molar-refractivity contribution in [2.24, 2.45) is 5.73 Å². The van der Waals surface area contributed by atoms with Crippen LogP contribution in [0.25, 0.3) is 0 Å². The Hall–Kier alpha value is -1.36. The van der Waals surface area contributed by atoms with Crippen LogP contribution < -0.4 is 10.5 Å². The Balaban J connectivity index is 2.08. The molecule has 1 aliphatic rings. The van der Waals surface area contributed by atoms with E-state index in [0.29, 0.717) is 13.2 Å². The van der Waals surface area contributed by atoms with Crippen molar-refractivity contribution in [1.82, 2.24) is 0 Å². The zero-order valence-corrected chi connectivity index (χ0v) is 12.3. The maximum Gasteiger partial charge on any atom is 0.123 e. The molecule has 3 rings (SSSR count). The first kappa shape index (κ1) is 13.6. The summed E-state index contributed by atoms with van der Waals surface area (Å²) in [5.74, 6) is 0.844. The molecule has 0 saturated heterocycles. The Kier molecular flexibility index (Phi) is 3.54. The van der Waals surface area contributed by atoms with Crippen LogP contribution in [0.3, 0.4) is 0 Å². The Morgan fingerprint density at radius 3 is 2.85 bits per heavy atom. The summed E-state index contributed by atoms with van der Waals surface area (Å²) in [5.41, 5.74) is 6.66. The van der Waals surface area contributed by atoms with Crippen LogP contribution in [0.2, 0.25) is 0 Å². The number of fused-ring (bicyclic) bond motifs is 1. The van der Waals surface area contributed by atoms with E-state index in [1.54, 1.807) is 11.3 Å². The first-order chi connectivity index (χ1) is 9.67. The lowest BCUT2D eigenvalue weighted by molar-refractivity contribution is 0.0561. The summed E-state index contributed by atoms with van der Waals surface area (Å²) in [6, 6.07) is 11.9. The number of rotatable bonds is 3. The van der Waals surface area contributed by atoms with Crippen molar-refractivity contribution in [3.63, 3.8) is 0 Å². The van der Waals surface area contributed by atoms with Gasteiger partial charge in [0.15, 0.2) is 0 Å². The normalized spacial score (nSPS) is 22.9. The van der Waals surface area contributed by atoms with Crippen LogP contribution in [0.1, 0.15) is 27.8 Å². The molecule has 2 atom stereocenters. The Morgan fingerprint density at radius 1 is 1.35 bits per heavy atom. The molecule has 106 valence electrons.